The van der Waals surface area contributed by atoms with E-state index in [1.54, 1.807) is 7.11 Å². The summed E-state index contributed by atoms with van der Waals surface area (Å²) in [6.45, 7) is 2.14. The van der Waals surface area contributed by atoms with Gasteiger partial charge in [0.15, 0.2) is 5.75 Å². The van der Waals surface area contributed by atoms with Gasteiger partial charge in [0.25, 0.3) is 5.88 Å². The number of rotatable bonds is 7. The van der Waals surface area contributed by atoms with Gasteiger partial charge >= 0.3 is 0 Å². The Morgan fingerprint density at radius 1 is 1.14 bits per heavy atom. The first kappa shape index (κ1) is 19.0. The van der Waals surface area contributed by atoms with Crippen molar-refractivity contribution in [3.8, 4) is 11.6 Å². The van der Waals surface area contributed by atoms with Gasteiger partial charge in [-0.05, 0) is 36.6 Å². The highest BCUT2D eigenvalue weighted by atomic mass is 16.6. The largest absolute Gasteiger partial charge is 0.491 e. The summed E-state index contributed by atoms with van der Waals surface area (Å²) < 4.78 is 17.1. The summed E-state index contributed by atoms with van der Waals surface area (Å²) in [4.78, 5) is 11.6. The van der Waals surface area contributed by atoms with Gasteiger partial charge in [-0.1, -0.05) is 25.3 Å². The average molecular weight is 383 g/mol. The topological polar surface area (TPSA) is 56.7 Å². The van der Waals surface area contributed by atoms with E-state index in [9.17, 15) is 0 Å². The summed E-state index contributed by atoms with van der Waals surface area (Å²) in [7, 11) is 1.66. The Hall–Kier alpha value is -2.34. The first-order valence-electron chi connectivity index (χ1n) is 10.3. The fraction of sp³-hybridized carbons (Fsp3) is 0.545. The highest BCUT2D eigenvalue weighted by molar-refractivity contribution is 5.48. The zero-order valence-electron chi connectivity index (χ0n) is 16.5. The maximum absolute atomic E-state index is 6.13. The van der Waals surface area contributed by atoms with Gasteiger partial charge in [0.1, 0.15) is 11.9 Å². The zero-order chi connectivity index (χ0) is 19.2. The van der Waals surface area contributed by atoms with Crippen molar-refractivity contribution >= 4 is 5.82 Å². The molecule has 6 heteroatoms. The number of pyridine rings is 2. The van der Waals surface area contributed by atoms with Crippen molar-refractivity contribution in [2.75, 3.05) is 25.2 Å². The van der Waals surface area contributed by atoms with Crippen LogP contribution >= 0.6 is 0 Å². The number of anilines is 1. The third-order valence-corrected chi connectivity index (χ3v) is 5.58. The summed E-state index contributed by atoms with van der Waals surface area (Å²) in [6, 6.07) is 8.61. The predicted octanol–water partition coefficient (Wildman–Crippen LogP) is 3.99. The van der Waals surface area contributed by atoms with Crippen molar-refractivity contribution in [2.45, 2.75) is 57.2 Å². The summed E-state index contributed by atoms with van der Waals surface area (Å²) in [5.74, 6) is 2.16. The summed E-state index contributed by atoms with van der Waals surface area (Å²) >= 11 is 0. The van der Waals surface area contributed by atoms with Crippen molar-refractivity contribution in [2.24, 2.45) is 0 Å². The van der Waals surface area contributed by atoms with Crippen molar-refractivity contribution in [1.82, 2.24) is 9.97 Å². The SMILES string of the molecule is COc1ccc(N(Cc2cccnc2)C2CCCCC2)nc1OC1CCOC1. The number of hydrogen-bond donors (Lipinski definition) is 0. The molecule has 0 spiro atoms. The van der Waals surface area contributed by atoms with Crippen LogP contribution in [0.1, 0.15) is 44.1 Å². The molecule has 0 radical (unpaired) electrons. The van der Waals surface area contributed by atoms with Gasteiger partial charge in [-0.15, -0.1) is 0 Å². The lowest BCUT2D eigenvalue weighted by Crippen LogP contribution is -2.37. The second kappa shape index (κ2) is 9.24. The van der Waals surface area contributed by atoms with Gasteiger partial charge in [-0.2, -0.15) is 4.98 Å². The van der Waals surface area contributed by atoms with E-state index < -0.39 is 0 Å². The highest BCUT2D eigenvalue weighted by Crippen LogP contribution is 2.33. The van der Waals surface area contributed by atoms with Gasteiger partial charge in [0.05, 0.1) is 20.3 Å². The van der Waals surface area contributed by atoms with Crippen LogP contribution in [-0.2, 0) is 11.3 Å². The number of ether oxygens (including phenoxy) is 3. The van der Waals surface area contributed by atoms with Crippen LogP contribution in [0.2, 0.25) is 0 Å². The predicted molar refractivity (Wildman–Crippen MR) is 108 cm³/mol. The molecule has 6 nitrogen and oxygen atoms in total. The van der Waals surface area contributed by atoms with Gasteiger partial charge < -0.3 is 19.1 Å². The van der Waals surface area contributed by atoms with E-state index in [-0.39, 0.29) is 6.10 Å². The van der Waals surface area contributed by atoms with Crippen LogP contribution < -0.4 is 14.4 Å². The Balaban J connectivity index is 1.62. The van der Waals surface area contributed by atoms with Gasteiger partial charge in [0, 0.05) is 31.4 Å². The van der Waals surface area contributed by atoms with E-state index in [1.165, 1.54) is 37.7 Å². The molecule has 3 heterocycles. The molecule has 2 aromatic rings. The molecule has 2 aromatic heterocycles. The molecular weight excluding hydrogens is 354 g/mol. The van der Waals surface area contributed by atoms with E-state index in [1.807, 2.05) is 30.6 Å². The van der Waals surface area contributed by atoms with Crippen molar-refractivity contribution in [3.63, 3.8) is 0 Å². The normalized spacial score (nSPS) is 20.1. The number of aromatic nitrogens is 2. The molecule has 1 saturated carbocycles. The molecular formula is C22H29N3O3. The minimum Gasteiger partial charge on any atom is -0.491 e. The van der Waals surface area contributed by atoms with Crippen LogP contribution in [0.3, 0.4) is 0 Å². The minimum absolute atomic E-state index is 0.0399. The Morgan fingerprint density at radius 3 is 2.75 bits per heavy atom. The third kappa shape index (κ3) is 4.55. The average Bonchev–Trinajstić information content (AvgIpc) is 3.26. The molecule has 0 amide bonds. The molecule has 1 unspecified atom stereocenters. The Kier molecular flexibility index (Phi) is 6.27. The van der Waals surface area contributed by atoms with Crippen LogP contribution in [0, 0.1) is 0 Å². The van der Waals surface area contributed by atoms with E-state index >= 15 is 0 Å². The lowest BCUT2D eigenvalue weighted by molar-refractivity contribution is 0.135. The molecule has 1 aliphatic carbocycles. The van der Waals surface area contributed by atoms with Gasteiger partial charge in [-0.3, -0.25) is 4.98 Å². The molecule has 150 valence electrons. The molecule has 1 aliphatic heterocycles. The second-order valence-corrected chi connectivity index (χ2v) is 7.56. The molecule has 0 N–H and O–H groups in total. The number of hydrogen-bond acceptors (Lipinski definition) is 6. The first-order valence-corrected chi connectivity index (χ1v) is 10.3. The summed E-state index contributed by atoms with van der Waals surface area (Å²) in [5, 5.41) is 0. The molecule has 0 bridgehead atoms. The van der Waals surface area contributed by atoms with Crippen LogP contribution in [0.15, 0.2) is 36.7 Å². The molecule has 28 heavy (non-hydrogen) atoms. The number of methoxy groups -OCH3 is 1. The summed E-state index contributed by atoms with van der Waals surface area (Å²) in [5.41, 5.74) is 1.19. The maximum Gasteiger partial charge on any atom is 0.259 e. The van der Waals surface area contributed by atoms with Crippen LogP contribution in [0.25, 0.3) is 0 Å². The molecule has 0 aromatic carbocycles. The number of nitrogens with zero attached hydrogens (tertiary/aromatic N) is 3. The van der Waals surface area contributed by atoms with Crippen molar-refractivity contribution in [1.29, 1.82) is 0 Å². The standard InChI is InChI=1S/C22H29N3O3/c1-26-20-9-10-21(24-22(20)28-19-11-13-27-16-19)25(18-7-3-2-4-8-18)15-17-6-5-12-23-14-17/h5-6,9-10,12,14,18-19H,2-4,7-8,11,13,15-16H2,1H3. The summed E-state index contributed by atoms with van der Waals surface area (Å²) in [6.07, 6.45) is 10.9. The smallest absolute Gasteiger partial charge is 0.259 e. The highest BCUT2D eigenvalue weighted by Gasteiger charge is 2.25. The van der Waals surface area contributed by atoms with Crippen LogP contribution in [0.4, 0.5) is 5.82 Å². The maximum atomic E-state index is 6.13. The first-order chi connectivity index (χ1) is 13.8. The van der Waals surface area contributed by atoms with Crippen LogP contribution in [-0.4, -0.2) is 42.4 Å². The quantitative estimate of drug-likeness (QED) is 0.720. The van der Waals surface area contributed by atoms with Gasteiger partial charge in [0.2, 0.25) is 0 Å². The fourth-order valence-electron chi connectivity index (χ4n) is 4.06. The molecule has 2 aliphatic rings. The van der Waals surface area contributed by atoms with E-state index in [0.29, 0.717) is 24.3 Å². The zero-order valence-corrected chi connectivity index (χ0v) is 16.5. The lowest BCUT2D eigenvalue weighted by Gasteiger charge is -2.35. The van der Waals surface area contributed by atoms with Gasteiger partial charge in [-0.25, -0.2) is 0 Å². The lowest BCUT2D eigenvalue weighted by atomic mass is 9.94. The Labute approximate surface area is 166 Å². The minimum atomic E-state index is 0.0399. The van der Waals surface area contributed by atoms with E-state index in [4.69, 9.17) is 19.2 Å². The Bertz CT molecular complexity index is 744. The third-order valence-electron chi connectivity index (χ3n) is 5.58. The van der Waals surface area contributed by atoms with E-state index in [2.05, 4.69) is 16.0 Å². The van der Waals surface area contributed by atoms with Crippen molar-refractivity contribution < 1.29 is 14.2 Å². The molecule has 2 fully saturated rings. The van der Waals surface area contributed by atoms with Crippen molar-refractivity contribution in [3.05, 3.63) is 42.2 Å². The molecule has 1 atom stereocenters. The van der Waals surface area contributed by atoms with E-state index in [0.717, 1.165) is 25.4 Å². The second-order valence-electron chi connectivity index (χ2n) is 7.56. The fourth-order valence-corrected chi connectivity index (χ4v) is 4.06. The van der Waals surface area contributed by atoms with Crippen LogP contribution in [0.5, 0.6) is 11.6 Å². The molecule has 1 saturated heterocycles. The molecule has 4 rings (SSSR count). The monoisotopic (exact) mass is 383 g/mol. The Morgan fingerprint density at radius 2 is 2.04 bits per heavy atom.